The van der Waals surface area contributed by atoms with Crippen LogP contribution in [0.4, 0.5) is 13.2 Å². The van der Waals surface area contributed by atoms with E-state index in [1.807, 2.05) is 0 Å². The normalized spacial score (nSPS) is 12.8. The molecule has 18 heavy (non-hydrogen) atoms. The minimum absolute atomic E-state index is 0.375. The lowest BCUT2D eigenvalue weighted by Crippen LogP contribution is -2.15. The van der Waals surface area contributed by atoms with Gasteiger partial charge < -0.3 is 5.73 Å². The fourth-order valence-corrected chi connectivity index (χ4v) is 2.96. The molecule has 2 aromatic rings. The summed E-state index contributed by atoms with van der Waals surface area (Å²) in [6.45, 7) is 1.77. The molecule has 96 valence electrons. The number of benzene rings is 1. The Hall–Kier alpha value is -1.04. The highest BCUT2D eigenvalue weighted by Gasteiger charge is 2.23. The first kappa shape index (κ1) is 13.4. The molecule has 2 rings (SSSR count). The van der Waals surface area contributed by atoms with E-state index in [4.69, 9.17) is 17.3 Å². The molecule has 1 unspecified atom stereocenters. The molecule has 0 saturated heterocycles. The van der Waals surface area contributed by atoms with E-state index in [9.17, 15) is 13.2 Å². The van der Waals surface area contributed by atoms with E-state index in [0.717, 1.165) is 5.56 Å². The number of halogens is 4. The van der Waals surface area contributed by atoms with Gasteiger partial charge in [0.15, 0.2) is 0 Å². The lowest BCUT2D eigenvalue weighted by molar-refractivity contribution is 0.516. The fourth-order valence-electron chi connectivity index (χ4n) is 1.64. The lowest BCUT2D eigenvalue weighted by atomic mass is 10.0. The molecule has 6 heteroatoms. The van der Waals surface area contributed by atoms with Crippen LogP contribution >= 0.6 is 22.9 Å². The third kappa shape index (κ3) is 2.25. The first-order valence-electron chi connectivity index (χ1n) is 5.05. The molecule has 0 aliphatic heterocycles. The van der Waals surface area contributed by atoms with E-state index < -0.39 is 23.5 Å². The van der Waals surface area contributed by atoms with E-state index in [2.05, 4.69) is 0 Å². The van der Waals surface area contributed by atoms with E-state index in [0.29, 0.717) is 22.0 Å². The van der Waals surface area contributed by atoms with Crippen LogP contribution in [0.15, 0.2) is 17.5 Å². The average Bonchev–Trinajstić information content (AvgIpc) is 2.58. The number of hydrogen-bond acceptors (Lipinski definition) is 2. The molecule has 0 amide bonds. The summed E-state index contributed by atoms with van der Waals surface area (Å²) in [5, 5.41) is 2.13. The highest BCUT2D eigenvalue weighted by Crippen LogP contribution is 2.36. The van der Waals surface area contributed by atoms with Crippen LogP contribution in [0.25, 0.3) is 0 Å². The molecule has 1 aromatic heterocycles. The Bertz CT molecular complexity index is 574. The molecule has 0 radical (unpaired) electrons. The summed E-state index contributed by atoms with van der Waals surface area (Å²) in [5.41, 5.74) is 6.22. The zero-order valence-electron chi connectivity index (χ0n) is 9.31. The topological polar surface area (TPSA) is 26.0 Å². The Morgan fingerprint density at radius 3 is 2.22 bits per heavy atom. The summed E-state index contributed by atoms with van der Waals surface area (Å²) in [6, 6.07) is 0.163. The largest absolute Gasteiger partial charge is 0.319 e. The van der Waals surface area contributed by atoms with E-state index in [1.54, 1.807) is 12.3 Å². The van der Waals surface area contributed by atoms with Gasteiger partial charge in [-0.05, 0) is 17.9 Å². The van der Waals surface area contributed by atoms with Crippen molar-refractivity contribution in [2.45, 2.75) is 13.0 Å². The predicted octanol–water partition coefficient (Wildman–Crippen LogP) is 4.18. The van der Waals surface area contributed by atoms with Gasteiger partial charge in [0, 0.05) is 22.6 Å². The molecule has 0 fully saturated rings. The van der Waals surface area contributed by atoms with Crippen LogP contribution in [0.2, 0.25) is 5.02 Å². The molecule has 2 N–H and O–H groups in total. The number of hydrogen-bond donors (Lipinski definition) is 1. The third-order valence-corrected chi connectivity index (χ3v) is 4.36. The summed E-state index contributed by atoms with van der Waals surface area (Å²) in [7, 11) is 0. The SMILES string of the molecule is Cc1csc(C(N)c2c(F)cc(F)cc2F)c1Cl. The van der Waals surface area contributed by atoms with Crippen LogP contribution in [0.1, 0.15) is 22.0 Å². The lowest BCUT2D eigenvalue weighted by Gasteiger charge is -2.13. The van der Waals surface area contributed by atoms with Gasteiger partial charge in [0.1, 0.15) is 17.5 Å². The summed E-state index contributed by atoms with van der Waals surface area (Å²) in [6.07, 6.45) is 0. The van der Waals surface area contributed by atoms with Crippen molar-refractivity contribution in [2.24, 2.45) is 5.73 Å². The van der Waals surface area contributed by atoms with Crippen LogP contribution in [0.5, 0.6) is 0 Å². The van der Waals surface area contributed by atoms with Gasteiger partial charge >= 0.3 is 0 Å². The number of aryl methyl sites for hydroxylation is 1. The van der Waals surface area contributed by atoms with Gasteiger partial charge in [0.2, 0.25) is 0 Å². The number of rotatable bonds is 2. The van der Waals surface area contributed by atoms with Crippen molar-refractivity contribution in [1.29, 1.82) is 0 Å². The standard InChI is InChI=1S/C12H9ClF3NS/c1-5-4-18-12(10(5)13)11(17)9-7(15)2-6(14)3-8(9)16/h2-4,11H,17H2,1H3. The fraction of sp³-hybridized carbons (Fsp3) is 0.167. The maximum atomic E-state index is 13.6. The predicted molar refractivity (Wildman–Crippen MR) is 66.4 cm³/mol. The molecule has 1 atom stereocenters. The summed E-state index contributed by atoms with van der Waals surface area (Å²) in [5.74, 6) is -3.00. The van der Waals surface area contributed by atoms with Crippen LogP contribution in [-0.4, -0.2) is 0 Å². The monoisotopic (exact) mass is 291 g/mol. The van der Waals surface area contributed by atoms with Gasteiger partial charge in [-0.15, -0.1) is 11.3 Å². The second-order valence-electron chi connectivity index (χ2n) is 3.86. The molecule has 1 aromatic carbocycles. The van der Waals surface area contributed by atoms with Gasteiger partial charge in [-0.1, -0.05) is 11.6 Å². The van der Waals surface area contributed by atoms with E-state index in [-0.39, 0.29) is 5.56 Å². The van der Waals surface area contributed by atoms with Gasteiger partial charge in [0.05, 0.1) is 11.1 Å². The van der Waals surface area contributed by atoms with Crippen LogP contribution in [0.3, 0.4) is 0 Å². The van der Waals surface area contributed by atoms with Crippen LogP contribution < -0.4 is 5.73 Å². The molecule has 0 bridgehead atoms. The van der Waals surface area contributed by atoms with Crippen molar-refractivity contribution in [1.82, 2.24) is 0 Å². The zero-order chi connectivity index (χ0) is 13.4. The molecular formula is C12H9ClF3NS. The van der Waals surface area contributed by atoms with Gasteiger partial charge in [-0.2, -0.15) is 0 Å². The van der Waals surface area contributed by atoms with Crippen molar-refractivity contribution in [3.8, 4) is 0 Å². The maximum Gasteiger partial charge on any atom is 0.134 e. The molecule has 1 heterocycles. The van der Waals surface area contributed by atoms with Crippen molar-refractivity contribution in [2.75, 3.05) is 0 Å². The van der Waals surface area contributed by atoms with Gasteiger partial charge in [-0.3, -0.25) is 0 Å². The van der Waals surface area contributed by atoms with Gasteiger partial charge in [-0.25, -0.2) is 13.2 Å². The first-order valence-corrected chi connectivity index (χ1v) is 6.31. The Kier molecular flexibility index (Phi) is 3.66. The summed E-state index contributed by atoms with van der Waals surface area (Å²) in [4.78, 5) is 0.457. The Labute approximate surface area is 111 Å². The quantitative estimate of drug-likeness (QED) is 0.883. The minimum atomic E-state index is -1.04. The van der Waals surface area contributed by atoms with Crippen LogP contribution in [0, 0.1) is 24.4 Å². The second-order valence-corrected chi connectivity index (χ2v) is 5.15. The van der Waals surface area contributed by atoms with Crippen molar-refractivity contribution >= 4 is 22.9 Å². The Balaban J connectivity index is 2.53. The highest BCUT2D eigenvalue weighted by molar-refractivity contribution is 7.10. The van der Waals surface area contributed by atoms with Crippen molar-refractivity contribution in [3.63, 3.8) is 0 Å². The smallest absolute Gasteiger partial charge is 0.134 e. The Morgan fingerprint density at radius 2 is 1.78 bits per heavy atom. The molecule has 0 aliphatic rings. The molecule has 0 saturated carbocycles. The minimum Gasteiger partial charge on any atom is -0.319 e. The second kappa shape index (κ2) is 4.91. The number of thiophene rings is 1. The van der Waals surface area contributed by atoms with Crippen LogP contribution in [-0.2, 0) is 0 Å². The summed E-state index contributed by atoms with van der Waals surface area (Å²) >= 11 is 7.22. The van der Waals surface area contributed by atoms with Crippen molar-refractivity contribution < 1.29 is 13.2 Å². The number of nitrogens with two attached hydrogens (primary N) is 1. The molecular weight excluding hydrogens is 283 g/mol. The average molecular weight is 292 g/mol. The molecule has 0 spiro atoms. The molecule has 1 nitrogen and oxygen atoms in total. The molecule has 0 aliphatic carbocycles. The maximum absolute atomic E-state index is 13.6. The Morgan fingerprint density at radius 1 is 1.22 bits per heavy atom. The third-order valence-electron chi connectivity index (χ3n) is 2.56. The van der Waals surface area contributed by atoms with Crippen molar-refractivity contribution in [3.05, 3.63) is 56.0 Å². The summed E-state index contributed by atoms with van der Waals surface area (Å²) < 4.78 is 40.0. The van der Waals surface area contributed by atoms with Gasteiger partial charge in [0.25, 0.3) is 0 Å². The van der Waals surface area contributed by atoms with E-state index in [1.165, 1.54) is 11.3 Å². The first-order chi connectivity index (χ1) is 8.41. The zero-order valence-corrected chi connectivity index (χ0v) is 10.9. The highest BCUT2D eigenvalue weighted by atomic mass is 35.5. The van der Waals surface area contributed by atoms with E-state index >= 15 is 0 Å².